The van der Waals surface area contributed by atoms with E-state index in [0.717, 1.165) is 30.8 Å². The van der Waals surface area contributed by atoms with E-state index in [4.69, 9.17) is 0 Å². The van der Waals surface area contributed by atoms with E-state index in [0.29, 0.717) is 5.92 Å². The van der Waals surface area contributed by atoms with E-state index in [9.17, 15) is 4.79 Å². The fourth-order valence-corrected chi connectivity index (χ4v) is 2.74. The van der Waals surface area contributed by atoms with Crippen LogP contribution in [0.15, 0.2) is 54.6 Å². The average molecular weight is 294 g/mol. The van der Waals surface area contributed by atoms with E-state index in [1.165, 1.54) is 5.56 Å². The molecule has 1 atom stereocenters. The molecule has 3 heteroatoms. The molecule has 0 bridgehead atoms. The predicted octanol–water partition coefficient (Wildman–Crippen LogP) is 3.07. The van der Waals surface area contributed by atoms with E-state index >= 15 is 0 Å². The Morgan fingerprint density at radius 2 is 1.82 bits per heavy atom. The van der Waals surface area contributed by atoms with Crippen LogP contribution >= 0.6 is 0 Å². The van der Waals surface area contributed by atoms with Crippen LogP contribution in [0.4, 0.5) is 5.69 Å². The maximum absolute atomic E-state index is 12.4. The van der Waals surface area contributed by atoms with Crippen LogP contribution in [0.25, 0.3) is 0 Å². The highest BCUT2D eigenvalue weighted by Crippen LogP contribution is 2.22. The molecule has 0 saturated carbocycles. The summed E-state index contributed by atoms with van der Waals surface area (Å²) in [4.78, 5) is 12.4. The van der Waals surface area contributed by atoms with Crippen molar-refractivity contribution in [3.8, 4) is 0 Å². The number of anilines is 1. The lowest BCUT2D eigenvalue weighted by Crippen LogP contribution is -2.48. The number of benzene rings is 2. The molecule has 22 heavy (non-hydrogen) atoms. The number of rotatable bonds is 5. The molecule has 1 aliphatic heterocycles. The Balaban J connectivity index is 1.72. The van der Waals surface area contributed by atoms with Crippen molar-refractivity contribution in [2.45, 2.75) is 13.3 Å². The van der Waals surface area contributed by atoms with Gasteiger partial charge in [0.15, 0.2) is 0 Å². The van der Waals surface area contributed by atoms with Crippen LogP contribution in [0.1, 0.15) is 18.1 Å². The molecular formula is C19H22N2O. The molecule has 0 aromatic heterocycles. The van der Waals surface area contributed by atoms with Crippen molar-refractivity contribution in [3.63, 3.8) is 0 Å². The van der Waals surface area contributed by atoms with Crippen LogP contribution in [0.2, 0.25) is 0 Å². The minimum absolute atomic E-state index is 0.0473. The number of hydrogen-bond donors (Lipinski definition) is 2. The third-order valence-electron chi connectivity index (χ3n) is 4.45. The topological polar surface area (TPSA) is 41.1 Å². The van der Waals surface area contributed by atoms with Gasteiger partial charge in [-0.15, -0.1) is 0 Å². The van der Waals surface area contributed by atoms with Gasteiger partial charge in [-0.05, 0) is 42.6 Å². The molecule has 3 nitrogen and oxygen atoms in total. The first-order valence-electron chi connectivity index (χ1n) is 7.87. The molecule has 114 valence electrons. The summed E-state index contributed by atoms with van der Waals surface area (Å²) in [6, 6.07) is 18.4. The van der Waals surface area contributed by atoms with E-state index in [-0.39, 0.29) is 11.8 Å². The Kier molecular flexibility index (Phi) is 4.54. The number of carbonyl (C=O) groups excluding carboxylic acids is 1. The van der Waals surface area contributed by atoms with Gasteiger partial charge in [-0.1, -0.05) is 55.5 Å². The summed E-state index contributed by atoms with van der Waals surface area (Å²) in [6.45, 7) is 3.90. The Morgan fingerprint density at radius 1 is 1.14 bits per heavy atom. The van der Waals surface area contributed by atoms with Gasteiger partial charge >= 0.3 is 0 Å². The van der Waals surface area contributed by atoms with Crippen molar-refractivity contribution >= 4 is 11.6 Å². The van der Waals surface area contributed by atoms with Gasteiger partial charge < -0.3 is 10.6 Å². The summed E-state index contributed by atoms with van der Waals surface area (Å²) >= 11 is 0. The van der Waals surface area contributed by atoms with Crippen molar-refractivity contribution in [2.75, 3.05) is 18.4 Å². The molecule has 2 aromatic rings. The Morgan fingerprint density at radius 3 is 2.50 bits per heavy atom. The van der Waals surface area contributed by atoms with E-state index < -0.39 is 0 Å². The van der Waals surface area contributed by atoms with E-state index in [1.807, 2.05) is 43.3 Å². The molecule has 0 spiro atoms. The number of amides is 1. The molecule has 1 fully saturated rings. The van der Waals surface area contributed by atoms with Gasteiger partial charge in [0, 0.05) is 11.6 Å². The first-order valence-corrected chi connectivity index (χ1v) is 7.87. The summed E-state index contributed by atoms with van der Waals surface area (Å²) in [7, 11) is 0. The molecule has 0 radical (unpaired) electrons. The number of carbonyl (C=O) groups is 1. The molecule has 1 unspecified atom stereocenters. The lowest BCUT2D eigenvalue weighted by Gasteiger charge is -2.31. The molecule has 1 aliphatic rings. The maximum atomic E-state index is 12.4. The summed E-state index contributed by atoms with van der Waals surface area (Å²) in [6.07, 6.45) is 0.830. The van der Waals surface area contributed by atoms with Crippen molar-refractivity contribution in [2.24, 2.45) is 11.8 Å². The minimum Gasteiger partial charge on any atom is -0.326 e. The summed E-state index contributed by atoms with van der Waals surface area (Å²) in [5.74, 6) is 0.624. The van der Waals surface area contributed by atoms with Crippen molar-refractivity contribution in [3.05, 3.63) is 65.7 Å². The molecule has 1 saturated heterocycles. The van der Waals surface area contributed by atoms with Gasteiger partial charge in [-0.3, -0.25) is 4.79 Å². The minimum atomic E-state index is 0.0473. The van der Waals surface area contributed by atoms with Gasteiger partial charge in [0.05, 0.1) is 0 Å². The first-order chi connectivity index (χ1) is 10.7. The van der Waals surface area contributed by atoms with E-state index in [2.05, 4.69) is 28.8 Å². The van der Waals surface area contributed by atoms with Gasteiger partial charge in [0.25, 0.3) is 0 Å². The highest BCUT2D eigenvalue weighted by atomic mass is 16.1. The van der Waals surface area contributed by atoms with Crippen LogP contribution in [0.3, 0.4) is 0 Å². The smallest absolute Gasteiger partial charge is 0.227 e. The highest BCUT2D eigenvalue weighted by molar-refractivity contribution is 5.93. The van der Waals surface area contributed by atoms with Gasteiger partial charge in [-0.2, -0.15) is 0 Å². The molecule has 2 N–H and O–H groups in total. The molecule has 0 aliphatic carbocycles. The van der Waals surface area contributed by atoms with E-state index in [1.54, 1.807) is 0 Å². The maximum Gasteiger partial charge on any atom is 0.227 e. The van der Waals surface area contributed by atoms with Crippen molar-refractivity contribution in [1.82, 2.24) is 5.32 Å². The zero-order valence-corrected chi connectivity index (χ0v) is 12.9. The van der Waals surface area contributed by atoms with Crippen LogP contribution in [-0.2, 0) is 11.2 Å². The Hall–Kier alpha value is -2.13. The molecule has 2 aromatic carbocycles. The largest absolute Gasteiger partial charge is 0.326 e. The number of para-hydroxylation sites is 1. The summed E-state index contributed by atoms with van der Waals surface area (Å²) < 4.78 is 0. The number of nitrogens with one attached hydrogen (secondary N) is 2. The third kappa shape index (κ3) is 3.37. The SMILES string of the molecule is CC(C(=O)Nc1ccccc1Cc1ccccc1)C1CNC1. The fraction of sp³-hybridized carbons (Fsp3) is 0.316. The zero-order valence-electron chi connectivity index (χ0n) is 12.9. The third-order valence-corrected chi connectivity index (χ3v) is 4.45. The zero-order chi connectivity index (χ0) is 15.4. The lowest BCUT2D eigenvalue weighted by molar-refractivity contribution is -0.121. The first kappa shape index (κ1) is 14.8. The van der Waals surface area contributed by atoms with Gasteiger partial charge in [0.1, 0.15) is 0 Å². The summed E-state index contributed by atoms with van der Waals surface area (Å²) in [5.41, 5.74) is 3.33. The summed E-state index contributed by atoms with van der Waals surface area (Å²) in [5, 5.41) is 6.34. The standard InChI is InChI=1S/C19H22N2O/c1-14(17-12-20-13-17)19(22)21-18-10-6-5-9-16(18)11-15-7-3-2-4-8-15/h2-10,14,17,20H,11-13H2,1H3,(H,21,22). The normalized spacial score (nSPS) is 15.9. The predicted molar refractivity (Wildman–Crippen MR) is 89.8 cm³/mol. The van der Waals surface area contributed by atoms with Crippen molar-refractivity contribution in [1.29, 1.82) is 0 Å². The molecule has 1 amide bonds. The lowest BCUT2D eigenvalue weighted by atomic mass is 9.88. The fourth-order valence-electron chi connectivity index (χ4n) is 2.74. The van der Waals surface area contributed by atoms with Gasteiger partial charge in [-0.25, -0.2) is 0 Å². The second-order valence-corrected chi connectivity index (χ2v) is 6.02. The van der Waals surface area contributed by atoms with Crippen LogP contribution < -0.4 is 10.6 Å². The molecular weight excluding hydrogens is 272 g/mol. The quantitative estimate of drug-likeness (QED) is 0.890. The Bertz CT molecular complexity index is 635. The van der Waals surface area contributed by atoms with Gasteiger partial charge in [0.2, 0.25) is 5.91 Å². The number of hydrogen-bond acceptors (Lipinski definition) is 2. The molecule has 1 heterocycles. The van der Waals surface area contributed by atoms with Crippen LogP contribution in [-0.4, -0.2) is 19.0 Å². The average Bonchev–Trinajstić information content (AvgIpc) is 2.48. The molecule has 3 rings (SSSR count). The van der Waals surface area contributed by atoms with Crippen LogP contribution in [0, 0.1) is 11.8 Å². The Labute approximate surface area is 131 Å². The monoisotopic (exact) mass is 294 g/mol. The van der Waals surface area contributed by atoms with Crippen LogP contribution in [0.5, 0.6) is 0 Å². The second kappa shape index (κ2) is 6.75. The van der Waals surface area contributed by atoms with Crippen molar-refractivity contribution < 1.29 is 4.79 Å². The second-order valence-electron chi connectivity index (χ2n) is 6.02. The highest BCUT2D eigenvalue weighted by Gasteiger charge is 2.28.